The zero-order chi connectivity index (χ0) is 15.6. The van der Waals surface area contributed by atoms with E-state index >= 15 is 0 Å². The van der Waals surface area contributed by atoms with Crippen LogP contribution < -0.4 is 5.32 Å². The summed E-state index contributed by atoms with van der Waals surface area (Å²) in [5.74, 6) is -0.653. The van der Waals surface area contributed by atoms with Gasteiger partial charge >= 0.3 is 0 Å². The van der Waals surface area contributed by atoms with Gasteiger partial charge in [0.15, 0.2) is 0 Å². The molecule has 2 rings (SSSR count). The van der Waals surface area contributed by atoms with Gasteiger partial charge in [-0.25, -0.2) is 8.78 Å². The molecule has 1 N–H and O–H groups in total. The lowest BCUT2D eigenvalue weighted by atomic mass is 9.90. The highest BCUT2D eigenvalue weighted by Gasteiger charge is 2.23. The minimum absolute atomic E-state index is 0.288. The maximum absolute atomic E-state index is 14.3. The molecule has 1 unspecified atom stereocenters. The Balaban J connectivity index is 2.65. The van der Waals surface area contributed by atoms with Gasteiger partial charge in [0.1, 0.15) is 11.6 Å². The first-order chi connectivity index (χ1) is 9.95. The predicted molar refractivity (Wildman–Crippen MR) is 82.8 cm³/mol. The summed E-state index contributed by atoms with van der Waals surface area (Å²) in [5, 5.41) is 3.62. The number of benzene rings is 2. The Labute approximate surface area is 128 Å². The molecule has 1 nitrogen and oxygen atoms in total. The van der Waals surface area contributed by atoms with Crippen molar-refractivity contribution in [3.8, 4) is 0 Å². The molecule has 0 aliphatic heterocycles. The lowest BCUT2D eigenvalue weighted by Crippen LogP contribution is -2.25. The second-order valence-corrected chi connectivity index (χ2v) is 5.49. The molecule has 0 aromatic heterocycles. The summed E-state index contributed by atoms with van der Waals surface area (Å²) >= 11 is 6.19. The van der Waals surface area contributed by atoms with Crippen LogP contribution in [-0.4, -0.2) is 6.54 Å². The van der Waals surface area contributed by atoms with Gasteiger partial charge in [-0.3, -0.25) is 0 Å². The maximum Gasteiger partial charge on any atom is 0.129 e. The summed E-state index contributed by atoms with van der Waals surface area (Å²) in [6, 6.07) is 7.15. The van der Waals surface area contributed by atoms with E-state index in [1.807, 2.05) is 20.8 Å². The average Bonchev–Trinajstić information content (AvgIpc) is 2.37. The molecule has 112 valence electrons. The van der Waals surface area contributed by atoms with Crippen LogP contribution in [0.15, 0.2) is 30.3 Å². The molecule has 2 aromatic carbocycles. The van der Waals surface area contributed by atoms with Crippen LogP contribution in [0.3, 0.4) is 0 Å². The number of hydrogen-bond acceptors (Lipinski definition) is 1. The summed E-state index contributed by atoms with van der Waals surface area (Å²) in [4.78, 5) is 0. The van der Waals surface area contributed by atoms with Crippen LogP contribution in [0.25, 0.3) is 0 Å². The van der Waals surface area contributed by atoms with Crippen molar-refractivity contribution in [2.45, 2.75) is 26.8 Å². The zero-order valence-corrected chi connectivity index (χ0v) is 13.1. The number of halogens is 3. The Morgan fingerprint density at radius 1 is 1.10 bits per heavy atom. The fourth-order valence-corrected chi connectivity index (χ4v) is 2.99. The molecule has 0 fully saturated rings. The first-order valence-electron chi connectivity index (χ1n) is 6.89. The molecular weight excluding hydrogens is 292 g/mol. The highest BCUT2D eigenvalue weighted by Crippen LogP contribution is 2.34. The molecule has 0 aliphatic rings. The van der Waals surface area contributed by atoms with Crippen molar-refractivity contribution in [3.05, 3.63) is 69.2 Å². The van der Waals surface area contributed by atoms with E-state index in [9.17, 15) is 8.78 Å². The van der Waals surface area contributed by atoms with Gasteiger partial charge in [0, 0.05) is 10.6 Å². The van der Waals surface area contributed by atoms with Crippen LogP contribution in [0.1, 0.15) is 35.2 Å². The van der Waals surface area contributed by atoms with Crippen molar-refractivity contribution < 1.29 is 8.78 Å². The molecule has 21 heavy (non-hydrogen) atoms. The Hall–Kier alpha value is -1.45. The molecule has 4 heteroatoms. The Kier molecular flexibility index (Phi) is 4.96. The van der Waals surface area contributed by atoms with Gasteiger partial charge in [-0.1, -0.05) is 24.6 Å². The normalized spacial score (nSPS) is 12.5. The highest BCUT2D eigenvalue weighted by molar-refractivity contribution is 6.31. The second kappa shape index (κ2) is 6.54. The molecule has 0 amide bonds. The van der Waals surface area contributed by atoms with E-state index in [0.29, 0.717) is 17.1 Å². The molecule has 2 aromatic rings. The van der Waals surface area contributed by atoms with Gasteiger partial charge in [0.25, 0.3) is 0 Å². The summed E-state index contributed by atoms with van der Waals surface area (Å²) in [6.45, 7) is 6.23. The Morgan fingerprint density at radius 3 is 2.24 bits per heavy atom. The van der Waals surface area contributed by atoms with E-state index in [0.717, 1.165) is 16.7 Å². The van der Waals surface area contributed by atoms with Crippen LogP contribution in [0.2, 0.25) is 5.02 Å². The van der Waals surface area contributed by atoms with E-state index in [2.05, 4.69) is 5.32 Å². The fraction of sp³-hybridized carbons (Fsp3) is 0.294. The third-order valence-corrected chi connectivity index (χ3v) is 3.87. The predicted octanol–water partition coefficient (Wildman–Crippen LogP) is 4.93. The third-order valence-electron chi connectivity index (χ3n) is 3.54. The number of nitrogens with one attached hydrogen (secondary N) is 1. The summed E-state index contributed by atoms with van der Waals surface area (Å²) in [5.41, 5.74) is 2.82. The number of rotatable bonds is 4. The van der Waals surface area contributed by atoms with Crippen LogP contribution in [0.4, 0.5) is 8.78 Å². The number of hydrogen-bond donors (Lipinski definition) is 1. The molecule has 0 aliphatic carbocycles. The minimum Gasteiger partial charge on any atom is -0.306 e. The van der Waals surface area contributed by atoms with E-state index in [-0.39, 0.29) is 11.6 Å². The molecule has 0 saturated carbocycles. The third kappa shape index (κ3) is 3.25. The quantitative estimate of drug-likeness (QED) is 0.844. The molecule has 0 spiro atoms. The van der Waals surface area contributed by atoms with E-state index in [4.69, 9.17) is 11.6 Å². The van der Waals surface area contributed by atoms with E-state index in [1.165, 1.54) is 18.2 Å². The van der Waals surface area contributed by atoms with E-state index < -0.39 is 6.04 Å². The van der Waals surface area contributed by atoms with Crippen molar-refractivity contribution in [1.82, 2.24) is 5.32 Å². The first kappa shape index (κ1) is 15.9. The van der Waals surface area contributed by atoms with Gasteiger partial charge in [-0.15, -0.1) is 0 Å². The largest absolute Gasteiger partial charge is 0.306 e. The minimum atomic E-state index is -0.399. The lowest BCUT2D eigenvalue weighted by molar-refractivity contribution is 0.554. The molecule has 0 saturated heterocycles. The smallest absolute Gasteiger partial charge is 0.129 e. The number of aryl methyl sites for hydroxylation is 2. The van der Waals surface area contributed by atoms with Gasteiger partial charge in [0.05, 0.1) is 6.04 Å². The lowest BCUT2D eigenvalue weighted by Gasteiger charge is -2.24. The first-order valence-corrected chi connectivity index (χ1v) is 7.27. The highest BCUT2D eigenvalue weighted by atomic mass is 35.5. The van der Waals surface area contributed by atoms with Crippen molar-refractivity contribution >= 4 is 11.6 Å². The topological polar surface area (TPSA) is 12.0 Å². The summed E-state index contributed by atoms with van der Waals surface area (Å²) in [7, 11) is 0. The van der Waals surface area contributed by atoms with Gasteiger partial charge < -0.3 is 5.32 Å². The van der Waals surface area contributed by atoms with Crippen molar-refractivity contribution in [3.63, 3.8) is 0 Å². The van der Waals surface area contributed by atoms with Gasteiger partial charge in [-0.05, 0) is 61.3 Å². The SMILES string of the molecule is CCNC(c1c(C)cc(F)cc1C)c1c(F)cccc1Cl. The second-order valence-electron chi connectivity index (χ2n) is 5.08. The summed E-state index contributed by atoms with van der Waals surface area (Å²) in [6.07, 6.45) is 0. The van der Waals surface area contributed by atoms with Crippen LogP contribution in [-0.2, 0) is 0 Å². The Morgan fingerprint density at radius 2 is 1.71 bits per heavy atom. The molecule has 1 atom stereocenters. The Bertz CT molecular complexity index is 612. The molecule has 0 heterocycles. The standard InChI is InChI=1S/C17H18ClF2N/c1-4-21-17(16-13(18)6-5-7-14(16)20)15-10(2)8-12(19)9-11(15)3/h5-9,17,21H,4H2,1-3H3. The summed E-state index contributed by atoms with van der Waals surface area (Å²) < 4.78 is 27.8. The maximum atomic E-state index is 14.3. The van der Waals surface area contributed by atoms with Gasteiger partial charge in [0.2, 0.25) is 0 Å². The molecule has 0 bridgehead atoms. The van der Waals surface area contributed by atoms with E-state index in [1.54, 1.807) is 12.1 Å². The molecule has 0 radical (unpaired) electrons. The van der Waals surface area contributed by atoms with Crippen molar-refractivity contribution in [1.29, 1.82) is 0 Å². The monoisotopic (exact) mass is 309 g/mol. The van der Waals surface area contributed by atoms with Crippen molar-refractivity contribution in [2.75, 3.05) is 6.54 Å². The average molecular weight is 310 g/mol. The fourth-order valence-electron chi connectivity index (χ4n) is 2.72. The zero-order valence-electron chi connectivity index (χ0n) is 12.3. The van der Waals surface area contributed by atoms with Gasteiger partial charge in [-0.2, -0.15) is 0 Å². The molecular formula is C17H18ClF2N. The van der Waals surface area contributed by atoms with Crippen LogP contribution in [0.5, 0.6) is 0 Å². The van der Waals surface area contributed by atoms with Crippen LogP contribution >= 0.6 is 11.6 Å². The van der Waals surface area contributed by atoms with Crippen molar-refractivity contribution in [2.24, 2.45) is 0 Å². The van der Waals surface area contributed by atoms with Crippen LogP contribution in [0, 0.1) is 25.5 Å².